The topological polar surface area (TPSA) is 111 Å². The first-order valence-electron chi connectivity index (χ1n) is 11.8. The number of fused-ring (bicyclic) bond motifs is 1. The number of aliphatic hydroxyl groups is 1. The summed E-state index contributed by atoms with van der Waals surface area (Å²) < 4.78 is 57.8. The van der Waals surface area contributed by atoms with E-state index in [0.29, 0.717) is 29.2 Å². The van der Waals surface area contributed by atoms with Crippen molar-refractivity contribution < 1.29 is 31.8 Å². The minimum absolute atomic E-state index is 0.0218. The molecule has 0 saturated heterocycles. The van der Waals surface area contributed by atoms with Gasteiger partial charge in [0.05, 0.1) is 40.9 Å². The summed E-state index contributed by atoms with van der Waals surface area (Å²) in [7, 11) is -3.35. The lowest BCUT2D eigenvalue weighted by atomic mass is 9.82. The number of carbonyl (C=O) groups excluding carboxylic acids is 1. The number of benzene rings is 2. The maximum absolute atomic E-state index is 13.1. The summed E-state index contributed by atoms with van der Waals surface area (Å²) in [6.07, 6.45) is -0.375. The summed E-state index contributed by atoms with van der Waals surface area (Å²) in [6, 6.07) is 10.6. The van der Waals surface area contributed by atoms with Gasteiger partial charge >= 0.3 is 0 Å². The lowest BCUT2D eigenvalue weighted by molar-refractivity contribution is -0.119. The van der Waals surface area contributed by atoms with Gasteiger partial charge in [0.25, 0.3) is 11.9 Å². The number of aromatic nitrogens is 2. The van der Waals surface area contributed by atoms with E-state index in [9.17, 15) is 27.1 Å². The van der Waals surface area contributed by atoms with E-state index in [4.69, 9.17) is 4.74 Å². The van der Waals surface area contributed by atoms with Gasteiger partial charge in [0, 0.05) is 30.9 Å². The molecule has 8 nitrogen and oxygen atoms in total. The fraction of sp³-hybridized carbons (Fsp3) is 0.440. The van der Waals surface area contributed by atoms with E-state index in [1.54, 1.807) is 37.3 Å². The van der Waals surface area contributed by atoms with Crippen molar-refractivity contribution >= 4 is 26.8 Å². The summed E-state index contributed by atoms with van der Waals surface area (Å²) in [5.74, 6) is -3.28. The van der Waals surface area contributed by atoms with E-state index in [0.717, 1.165) is 5.52 Å². The molecule has 1 unspecified atom stereocenters. The smallest absolute Gasteiger partial charge is 0.297 e. The number of hydrogen-bond donors (Lipinski definition) is 2. The molecule has 0 spiro atoms. The zero-order valence-corrected chi connectivity index (χ0v) is 20.9. The van der Waals surface area contributed by atoms with E-state index < -0.39 is 27.7 Å². The summed E-state index contributed by atoms with van der Waals surface area (Å²) in [4.78, 5) is 17.6. The molecule has 0 aliphatic heterocycles. The SMILES string of the molecule is CCn1c(OCC2CC(F)(F)C2)nc2cc(C(=O)NC(CO)c3ccc(S(=O)(=O)CC)cc3)ccc21. The molecule has 4 rings (SSSR count). The lowest BCUT2D eigenvalue weighted by Gasteiger charge is -2.34. The van der Waals surface area contributed by atoms with Crippen LogP contribution < -0.4 is 10.1 Å². The van der Waals surface area contributed by atoms with Crippen LogP contribution in [0.3, 0.4) is 0 Å². The summed E-state index contributed by atoms with van der Waals surface area (Å²) in [6.45, 7) is 3.80. The van der Waals surface area contributed by atoms with E-state index >= 15 is 0 Å². The number of imidazole rings is 1. The number of aliphatic hydroxyl groups excluding tert-OH is 1. The first-order valence-corrected chi connectivity index (χ1v) is 13.5. The van der Waals surface area contributed by atoms with Gasteiger partial charge in [0.15, 0.2) is 9.84 Å². The van der Waals surface area contributed by atoms with Gasteiger partial charge in [-0.1, -0.05) is 19.1 Å². The molecule has 1 aliphatic carbocycles. The van der Waals surface area contributed by atoms with Crippen LogP contribution in [0.4, 0.5) is 8.78 Å². The number of nitrogens with one attached hydrogen (secondary N) is 1. The van der Waals surface area contributed by atoms with Crippen LogP contribution in [0.25, 0.3) is 11.0 Å². The largest absolute Gasteiger partial charge is 0.464 e. The van der Waals surface area contributed by atoms with Crippen molar-refractivity contribution in [1.82, 2.24) is 14.9 Å². The van der Waals surface area contributed by atoms with Crippen LogP contribution >= 0.6 is 0 Å². The molecule has 194 valence electrons. The fourth-order valence-electron chi connectivity index (χ4n) is 4.31. The third kappa shape index (κ3) is 5.36. The standard InChI is InChI=1S/C25H29F2N3O5S/c1-3-30-22-10-7-18(11-20(22)29-24(30)35-15-16-12-25(26,27)13-16)23(32)28-21(14-31)17-5-8-19(9-6-17)36(33,34)4-2/h5-11,16,21,31H,3-4,12-15H2,1-2H3,(H,28,32). The molecule has 11 heteroatoms. The van der Waals surface area contributed by atoms with Gasteiger partial charge in [-0.05, 0) is 42.8 Å². The number of ether oxygens (including phenoxy) is 1. The first-order chi connectivity index (χ1) is 17.1. The number of nitrogens with zero attached hydrogens (tertiary/aromatic N) is 2. The van der Waals surface area contributed by atoms with E-state index in [1.165, 1.54) is 12.1 Å². The maximum atomic E-state index is 13.1. The third-order valence-electron chi connectivity index (χ3n) is 6.42. The number of hydrogen-bond acceptors (Lipinski definition) is 6. The highest BCUT2D eigenvalue weighted by molar-refractivity contribution is 7.91. The van der Waals surface area contributed by atoms with Crippen LogP contribution in [0.5, 0.6) is 6.01 Å². The van der Waals surface area contributed by atoms with Crippen LogP contribution in [0.1, 0.15) is 48.7 Å². The monoisotopic (exact) mass is 521 g/mol. The van der Waals surface area contributed by atoms with Crippen molar-refractivity contribution in [2.75, 3.05) is 19.0 Å². The third-order valence-corrected chi connectivity index (χ3v) is 8.17. The highest BCUT2D eigenvalue weighted by Crippen LogP contribution is 2.42. The first kappa shape index (κ1) is 26.0. The summed E-state index contributed by atoms with van der Waals surface area (Å²) >= 11 is 0. The van der Waals surface area contributed by atoms with Gasteiger partial charge in [-0.15, -0.1) is 0 Å². The number of halogens is 2. The molecule has 1 amide bonds. The van der Waals surface area contributed by atoms with Gasteiger partial charge < -0.3 is 15.2 Å². The number of amides is 1. The van der Waals surface area contributed by atoms with Gasteiger partial charge in [-0.25, -0.2) is 17.2 Å². The van der Waals surface area contributed by atoms with Crippen molar-refractivity contribution in [3.05, 3.63) is 53.6 Å². The predicted molar refractivity (Wildman–Crippen MR) is 130 cm³/mol. The molecule has 2 aromatic carbocycles. The Kier molecular flexibility index (Phi) is 7.33. The quantitative estimate of drug-likeness (QED) is 0.421. The van der Waals surface area contributed by atoms with Gasteiger partial charge in [-0.2, -0.15) is 4.98 Å². The molecule has 0 radical (unpaired) electrons. The number of carbonyl (C=O) groups is 1. The van der Waals surface area contributed by atoms with Gasteiger partial charge in [-0.3, -0.25) is 9.36 Å². The Morgan fingerprint density at radius 2 is 1.92 bits per heavy atom. The number of sulfone groups is 1. The highest BCUT2D eigenvalue weighted by Gasteiger charge is 2.45. The van der Waals surface area contributed by atoms with E-state index in [-0.39, 0.29) is 42.6 Å². The van der Waals surface area contributed by atoms with Crippen molar-refractivity contribution in [3.63, 3.8) is 0 Å². The zero-order valence-electron chi connectivity index (χ0n) is 20.1. The van der Waals surface area contributed by atoms with Gasteiger partial charge in [0.2, 0.25) is 5.92 Å². The van der Waals surface area contributed by atoms with Crippen LogP contribution in [0.15, 0.2) is 47.4 Å². The molecule has 36 heavy (non-hydrogen) atoms. The average molecular weight is 522 g/mol. The Balaban J connectivity index is 1.48. The minimum atomic E-state index is -3.35. The van der Waals surface area contributed by atoms with E-state index in [2.05, 4.69) is 10.3 Å². The second-order valence-corrected chi connectivity index (χ2v) is 11.2. The van der Waals surface area contributed by atoms with Crippen molar-refractivity contribution in [3.8, 4) is 6.01 Å². The minimum Gasteiger partial charge on any atom is -0.464 e. The molecular weight excluding hydrogens is 492 g/mol. The Morgan fingerprint density at radius 3 is 2.50 bits per heavy atom. The predicted octanol–water partition coefficient (Wildman–Crippen LogP) is 3.74. The number of alkyl halides is 2. The van der Waals surface area contributed by atoms with Crippen LogP contribution in [0, 0.1) is 5.92 Å². The Bertz CT molecular complexity index is 1350. The number of aryl methyl sites for hydroxylation is 1. The van der Waals surface area contributed by atoms with Crippen LogP contribution in [0.2, 0.25) is 0 Å². The van der Waals surface area contributed by atoms with Crippen molar-refractivity contribution in [1.29, 1.82) is 0 Å². The highest BCUT2D eigenvalue weighted by atomic mass is 32.2. The molecule has 2 N–H and O–H groups in total. The second kappa shape index (κ2) is 10.1. The summed E-state index contributed by atoms with van der Waals surface area (Å²) in [5, 5.41) is 12.6. The Hall–Kier alpha value is -3.05. The molecule has 3 aromatic rings. The Labute approximate surface area is 208 Å². The fourth-order valence-corrected chi connectivity index (χ4v) is 5.19. The molecule has 1 heterocycles. The molecule has 1 saturated carbocycles. The molecule has 0 bridgehead atoms. The molecule has 1 aliphatic rings. The van der Waals surface area contributed by atoms with Crippen molar-refractivity contribution in [2.45, 2.75) is 50.1 Å². The maximum Gasteiger partial charge on any atom is 0.297 e. The molecular formula is C25H29F2N3O5S. The molecule has 1 aromatic heterocycles. The average Bonchev–Trinajstić information content (AvgIpc) is 3.21. The molecule has 1 fully saturated rings. The lowest BCUT2D eigenvalue weighted by Crippen LogP contribution is -2.38. The summed E-state index contributed by atoms with van der Waals surface area (Å²) in [5.41, 5.74) is 2.15. The second-order valence-electron chi connectivity index (χ2n) is 8.96. The van der Waals surface area contributed by atoms with E-state index in [1.807, 2.05) is 11.5 Å². The normalized spacial score (nSPS) is 16.5. The van der Waals surface area contributed by atoms with Crippen LogP contribution in [-0.2, 0) is 16.4 Å². The molecule has 1 atom stereocenters. The Morgan fingerprint density at radius 1 is 1.22 bits per heavy atom. The van der Waals surface area contributed by atoms with Gasteiger partial charge in [0.1, 0.15) is 0 Å². The van der Waals surface area contributed by atoms with Crippen molar-refractivity contribution in [2.24, 2.45) is 5.92 Å². The number of rotatable bonds is 10. The van der Waals surface area contributed by atoms with Crippen LogP contribution in [-0.4, -0.2) is 53.9 Å². The zero-order chi connectivity index (χ0) is 26.1.